The predicted octanol–water partition coefficient (Wildman–Crippen LogP) is 3.73. The maximum absolute atomic E-state index is 12.4. The van der Waals surface area contributed by atoms with Crippen molar-refractivity contribution >= 4 is 17.7 Å². The van der Waals surface area contributed by atoms with E-state index in [9.17, 15) is 4.79 Å². The van der Waals surface area contributed by atoms with E-state index in [-0.39, 0.29) is 18.2 Å². The Bertz CT molecular complexity index is 1110. The van der Waals surface area contributed by atoms with Crippen LogP contribution in [0.2, 0.25) is 0 Å². The van der Waals surface area contributed by atoms with E-state index in [0.717, 1.165) is 34.6 Å². The highest BCUT2D eigenvalue weighted by Gasteiger charge is 2.31. The van der Waals surface area contributed by atoms with E-state index in [1.807, 2.05) is 56.8 Å². The van der Waals surface area contributed by atoms with Gasteiger partial charge in [0.25, 0.3) is 0 Å². The molecule has 0 saturated carbocycles. The lowest BCUT2D eigenvalue weighted by Gasteiger charge is -2.39. The van der Waals surface area contributed by atoms with Crippen molar-refractivity contribution in [2.45, 2.75) is 53.0 Å². The third kappa shape index (κ3) is 5.67. The molecule has 0 spiro atoms. The number of aryl methyl sites for hydroxylation is 2. The van der Waals surface area contributed by atoms with Gasteiger partial charge in [-0.15, -0.1) is 0 Å². The zero-order chi connectivity index (χ0) is 23.4. The predicted molar refractivity (Wildman–Crippen MR) is 127 cm³/mol. The molecule has 4 rings (SSSR count). The van der Waals surface area contributed by atoms with Crippen LogP contribution in [0.5, 0.6) is 0 Å². The highest BCUT2D eigenvalue weighted by Crippen LogP contribution is 2.22. The fourth-order valence-electron chi connectivity index (χ4n) is 3.72. The van der Waals surface area contributed by atoms with Crippen LogP contribution in [0, 0.1) is 6.92 Å². The lowest BCUT2D eigenvalue weighted by Crippen LogP contribution is -2.58. The van der Waals surface area contributed by atoms with Crippen LogP contribution in [0.3, 0.4) is 0 Å². The number of ether oxygens (including phenoxy) is 1. The molecule has 0 atom stereocenters. The van der Waals surface area contributed by atoms with E-state index in [2.05, 4.69) is 31.8 Å². The lowest BCUT2D eigenvalue weighted by molar-refractivity contribution is -0.0641. The van der Waals surface area contributed by atoms with Crippen molar-refractivity contribution in [3.05, 3.63) is 54.0 Å². The first-order chi connectivity index (χ1) is 15.9. The molecule has 0 aliphatic carbocycles. The highest BCUT2D eigenvalue weighted by atomic mass is 16.5. The number of nitrogens with one attached hydrogen (secondary N) is 2. The molecular formula is C24H31N7O2. The Morgan fingerprint density at radius 1 is 1.27 bits per heavy atom. The van der Waals surface area contributed by atoms with E-state index in [4.69, 9.17) is 4.74 Å². The first-order valence-electron chi connectivity index (χ1n) is 11.3. The van der Waals surface area contributed by atoms with Gasteiger partial charge in [0.2, 0.25) is 5.95 Å². The van der Waals surface area contributed by atoms with Crippen molar-refractivity contribution in [1.82, 2.24) is 30.0 Å². The van der Waals surface area contributed by atoms with Gasteiger partial charge in [-0.2, -0.15) is 5.10 Å². The Labute approximate surface area is 194 Å². The number of carbonyl (C=O) groups is 1. The summed E-state index contributed by atoms with van der Waals surface area (Å²) in [5.41, 5.74) is 4.83. The molecular weight excluding hydrogens is 418 g/mol. The van der Waals surface area contributed by atoms with Gasteiger partial charge >= 0.3 is 6.03 Å². The van der Waals surface area contributed by atoms with E-state index in [1.165, 1.54) is 0 Å². The molecule has 0 unspecified atom stereocenters. The monoisotopic (exact) mass is 449 g/mol. The van der Waals surface area contributed by atoms with E-state index in [1.54, 1.807) is 17.3 Å². The number of aromatic nitrogens is 4. The number of anilines is 2. The minimum atomic E-state index is -0.0556. The Morgan fingerprint density at radius 3 is 2.79 bits per heavy atom. The molecule has 9 heteroatoms. The van der Waals surface area contributed by atoms with Gasteiger partial charge in [0.1, 0.15) is 0 Å². The number of amides is 2. The minimum Gasteiger partial charge on any atom is -0.372 e. The average Bonchev–Trinajstić information content (AvgIpc) is 3.22. The van der Waals surface area contributed by atoms with Crippen molar-refractivity contribution in [3.8, 4) is 11.3 Å². The molecule has 33 heavy (non-hydrogen) atoms. The summed E-state index contributed by atoms with van der Waals surface area (Å²) >= 11 is 0. The quantitative estimate of drug-likeness (QED) is 0.544. The third-order valence-corrected chi connectivity index (χ3v) is 5.54. The summed E-state index contributed by atoms with van der Waals surface area (Å²) in [6.07, 6.45) is 5.74. The zero-order valence-corrected chi connectivity index (χ0v) is 19.6. The molecule has 174 valence electrons. The van der Waals surface area contributed by atoms with Gasteiger partial charge in [-0.3, -0.25) is 4.68 Å². The van der Waals surface area contributed by atoms with Crippen molar-refractivity contribution in [2.75, 3.05) is 18.4 Å². The molecule has 0 bridgehead atoms. The fourth-order valence-corrected chi connectivity index (χ4v) is 3.72. The van der Waals surface area contributed by atoms with Crippen LogP contribution < -0.4 is 10.6 Å². The molecule has 1 aliphatic rings. The topological polar surface area (TPSA) is 97.2 Å². The molecule has 2 N–H and O–H groups in total. The van der Waals surface area contributed by atoms with Gasteiger partial charge < -0.3 is 20.3 Å². The number of likely N-dealkylation sites (tertiary alicyclic amines) is 1. The summed E-state index contributed by atoms with van der Waals surface area (Å²) in [5, 5.41) is 10.5. The van der Waals surface area contributed by atoms with Crippen LogP contribution in [-0.4, -0.2) is 56.0 Å². The largest absolute Gasteiger partial charge is 0.372 e. The summed E-state index contributed by atoms with van der Waals surface area (Å²) in [6, 6.07) is 7.97. The summed E-state index contributed by atoms with van der Waals surface area (Å²) < 4.78 is 7.55. The third-order valence-electron chi connectivity index (χ3n) is 5.54. The first-order valence-corrected chi connectivity index (χ1v) is 11.3. The van der Waals surface area contributed by atoms with Gasteiger partial charge in [0.15, 0.2) is 0 Å². The van der Waals surface area contributed by atoms with Gasteiger partial charge in [0, 0.05) is 31.0 Å². The van der Waals surface area contributed by atoms with Crippen LogP contribution in [0.1, 0.15) is 31.9 Å². The standard InChI is InChI=1S/C24H31N7O2/c1-5-31-13-20(12-27-31)28-23-25-9-8-22(29-23)18-6-7-19(17(4)10-18)11-26-24(32)30-14-21(15-30)33-16(2)3/h6-10,12-13,16,21H,5,11,14-15H2,1-4H3,(H,26,32)(H,25,28,29). The van der Waals surface area contributed by atoms with Crippen LogP contribution in [-0.2, 0) is 17.8 Å². The number of rotatable bonds is 8. The number of urea groups is 1. The maximum Gasteiger partial charge on any atom is 0.317 e. The van der Waals surface area contributed by atoms with Crippen molar-refractivity contribution in [2.24, 2.45) is 0 Å². The smallest absolute Gasteiger partial charge is 0.317 e. The van der Waals surface area contributed by atoms with Crippen molar-refractivity contribution < 1.29 is 9.53 Å². The minimum absolute atomic E-state index is 0.0556. The van der Waals surface area contributed by atoms with Crippen molar-refractivity contribution in [3.63, 3.8) is 0 Å². The second-order valence-electron chi connectivity index (χ2n) is 8.49. The average molecular weight is 450 g/mol. The summed E-state index contributed by atoms with van der Waals surface area (Å²) in [7, 11) is 0. The Morgan fingerprint density at radius 2 is 2.09 bits per heavy atom. The molecule has 2 aromatic heterocycles. The molecule has 1 fully saturated rings. The number of hydrogen-bond acceptors (Lipinski definition) is 6. The fraction of sp³-hybridized carbons (Fsp3) is 0.417. The Balaban J connectivity index is 1.35. The number of hydrogen-bond donors (Lipinski definition) is 2. The van der Waals surface area contributed by atoms with Gasteiger partial charge in [-0.1, -0.05) is 12.1 Å². The molecule has 1 saturated heterocycles. The summed E-state index contributed by atoms with van der Waals surface area (Å²) in [4.78, 5) is 23.1. The number of benzene rings is 1. The van der Waals surface area contributed by atoms with Crippen LogP contribution in [0.25, 0.3) is 11.3 Å². The maximum atomic E-state index is 12.4. The van der Waals surface area contributed by atoms with Gasteiger partial charge in [0.05, 0.1) is 42.9 Å². The molecule has 2 amide bonds. The van der Waals surface area contributed by atoms with E-state index >= 15 is 0 Å². The second-order valence-corrected chi connectivity index (χ2v) is 8.49. The summed E-state index contributed by atoms with van der Waals surface area (Å²) in [6.45, 7) is 10.7. The van der Waals surface area contributed by atoms with Gasteiger partial charge in [-0.05, 0) is 51.0 Å². The summed E-state index contributed by atoms with van der Waals surface area (Å²) in [5.74, 6) is 0.520. The highest BCUT2D eigenvalue weighted by molar-refractivity contribution is 5.75. The molecule has 1 aliphatic heterocycles. The van der Waals surface area contributed by atoms with Crippen molar-refractivity contribution in [1.29, 1.82) is 0 Å². The molecule has 0 radical (unpaired) electrons. The Hall–Kier alpha value is -3.46. The van der Waals surface area contributed by atoms with Gasteiger partial charge in [-0.25, -0.2) is 14.8 Å². The van der Waals surface area contributed by atoms with Crippen LogP contribution >= 0.6 is 0 Å². The lowest BCUT2D eigenvalue weighted by atomic mass is 10.0. The zero-order valence-electron chi connectivity index (χ0n) is 19.6. The normalized spacial score (nSPS) is 13.8. The first kappa shape index (κ1) is 22.7. The number of carbonyl (C=O) groups excluding carboxylic acids is 1. The molecule has 9 nitrogen and oxygen atoms in total. The Kier molecular flexibility index (Phi) is 6.88. The molecule has 1 aromatic carbocycles. The van der Waals surface area contributed by atoms with E-state index in [0.29, 0.717) is 25.6 Å². The number of nitrogens with zero attached hydrogens (tertiary/aromatic N) is 5. The molecule has 3 heterocycles. The second kappa shape index (κ2) is 9.99. The van der Waals surface area contributed by atoms with Crippen LogP contribution in [0.15, 0.2) is 42.9 Å². The molecule has 3 aromatic rings. The SMILES string of the molecule is CCn1cc(Nc2nccc(-c3ccc(CNC(=O)N4CC(OC(C)C)C4)c(C)c3)n2)cn1. The van der Waals surface area contributed by atoms with E-state index < -0.39 is 0 Å². The van der Waals surface area contributed by atoms with Crippen LogP contribution in [0.4, 0.5) is 16.4 Å².